The van der Waals surface area contributed by atoms with E-state index in [1.807, 2.05) is 13.1 Å². The quantitative estimate of drug-likeness (QED) is 0.628. The first-order valence-electron chi connectivity index (χ1n) is 6.45. The van der Waals surface area contributed by atoms with E-state index in [0.29, 0.717) is 6.61 Å². The highest BCUT2D eigenvalue weighted by Crippen LogP contribution is 2.29. The Balaban J connectivity index is 3.01. The summed E-state index contributed by atoms with van der Waals surface area (Å²) in [5.41, 5.74) is -0.978. The van der Waals surface area contributed by atoms with Crippen molar-refractivity contribution in [2.24, 2.45) is 0 Å². The lowest BCUT2D eigenvalue weighted by molar-refractivity contribution is -0.142. The summed E-state index contributed by atoms with van der Waals surface area (Å²) in [5, 5.41) is 0.811. The molecule has 1 rings (SSSR count). The smallest absolute Gasteiger partial charge is 0.416 e. The lowest BCUT2D eigenvalue weighted by Crippen LogP contribution is -2.48. The fourth-order valence-electron chi connectivity index (χ4n) is 1.90. The van der Waals surface area contributed by atoms with Crippen molar-refractivity contribution < 1.29 is 22.7 Å². The number of carbonyl (C=O) groups excluding carboxylic acids is 1. The van der Waals surface area contributed by atoms with Crippen molar-refractivity contribution in [1.82, 2.24) is 0 Å². The standard InChI is InChI=1S/C14H19F3O2Si/c1-5-19-13(18)10(2)20(3,4)12-8-6-11(7-9-12)14(15,16)17/h6-10H,5H2,1-4H3. The average Bonchev–Trinajstić information content (AvgIpc) is 2.37. The molecular weight excluding hydrogens is 285 g/mol. The molecule has 0 aliphatic heterocycles. The molecule has 1 atom stereocenters. The Labute approximate surface area is 118 Å². The second-order valence-corrected chi connectivity index (χ2v) is 10.2. The van der Waals surface area contributed by atoms with Crippen LogP contribution in [-0.2, 0) is 15.7 Å². The van der Waals surface area contributed by atoms with Crippen LogP contribution < -0.4 is 5.19 Å². The molecule has 0 N–H and O–H groups in total. The zero-order valence-corrected chi connectivity index (χ0v) is 13.0. The van der Waals surface area contributed by atoms with E-state index in [-0.39, 0.29) is 11.5 Å². The van der Waals surface area contributed by atoms with Crippen LogP contribution in [0.15, 0.2) is 24.3 Å². The predicted octanol–water partition coefficient (Wildman–Crippen LogP) is 3.57. The fourth-order valence-corrected chi connectivity index (χ4v) is 4.10. The van der Waals surface area contributed by atoms with Crippen LogP contribution in [0.25, 0.3) is 0 Å². The van der Waals surface area contributed by atoms with Gasteiger partial charge in [0, 0.05) is 0 Å². The van der Waals surface area contributed by atoms with Crippen LogP contribution in [0.5, 0.6) is 0 Å². The van der Waals surface area contributed by atoms with Crippen molar-refractivity contribution in [3.8, 4) is 0 Å². The maximum Gasteiger partial charge on any atom is 0.416 e. The normalized spacial score (nSPS) is 13.9. The van der Waals surface area contributed by atoms with E-state index in [9.17, 15) is 18.0 Å². The largest absolute Gasteiger partial charge is 0.466 e. The van der Waals surface area contributed by atoms with Gasteiger partial charge in [-0.15, -0.1) is 0 Å². The minimum absolute atomic E-state index is 0.288. The van der Waals surface area contributed by atoms with Gasteiger partial charge in [-0.25, -0.2) is 0 Å². The van der Waals surface area contributed by atoms with Crippen molar-refractivity contribution in [2.75, 3.05) is 6.61 Å². The topological polar surface area (TPSA) is 26.3 Å². The van der Waals surface area contributed by atoms with E-state index in [4.69, 9.17) is 4.74 Å². The molecule has 20 heavy (non-hydrogen) atoms. The Bertz CT molecular complexity index is 466. The van der Waals surface area contributed by atoms with E-state index in [0.717, 1.165) is 17.3 Å². The summed E-state index contributed by atoms with van der Waals surface area (Å²) in [6, 6.07) is 5.10. The van der Waals surface area contributed by atoms with Gasteiger partial charge in [0.1, 0.15) is 0 Å². The van der Waals surface area contributed by atoms with Gasteiger partial charge in [-0.2, -0.15) is 13.2 Å². The van der Waals surface area contributed by atoms with Crippen molar-refractivity contribution in [1.29, 1.82) is 0 Å². The highest BCUT2D eigenvalue weighted by Gasteiger charge is 2.37. The summed E-state index contributed by atoms with van der Waals surface area (Å²) in [7, 11) is -2.21. The molecule has 2 nitrogen and oxygen atoms in total. The molecule has 0 aliphatic carbocycles. The van der Waals surface area contributed by atoms with Gasteiger partial charge in [0.2, 0.25) is 0 Å². The number of esters is 1. The molecule has 0 spiro atoms. The Morgan fingerprint density at radius 1 is 1.25 bits per heavy atom. The van der Waals surface area contributed by atoms with Gasteiger partial charge in [-0.1, -0.05) is 49.5 Å². The van der Waals surface area contributed by atoms with Gasteiger partial charge in [0.25, 0.3) is 0 Å². The molecule has 0 radical (unpaired) electrons. The molecule has 1 aromatic rings. The molecule has 1 unspecified atom stereocenters. The van der Waals surface area contributed by atoms with Gasteiger partial charge in [0.15, 0.2) is 0 Å². The molecule has 6 heteroatoms. The number of rotatable bonds is 4. The molecule has 0 saturated carbocycles. The Morgan fingerprint density at radius 3 is 2.15 bits per heavy atom. The van der Waals surface area contributed by atoms with Gasteiger partial charge in [0.05, 0.1) is 25.8 Å². The molecule has 0 heterocycles. The van der Waals surface area contributed by atoms with E-state index in [1.54, 1.807) is 13.8 Å². The van der Waals surface area contributed by atoms with Gasteiger partial charge in [-0.05, 0) is 6.92 Å². The predicted molar refractivity (Wildman–Crippen MR) is 74.6 cm³/mol. The molecule has 0 aliphatic rings. The summed E-state index contributed by atoms with van der Waals surface area (Å²) in [4.78, 5) is 11.8. The molecule has 112 valence electrons. The molecular formula is C14H19F3O2Si. The van der Waals surface area contributed by atoms with E-state index in [1.165, 1.54) is 12.1 Å². The van der Waals surface area contributed by atoms with Crippen molar-refractivity contribution in [3.63, 3.8) is 0 Å². The highest BCUT2D eigenvalue weighted by atomic mass is 28.3. The molecule has 0 aromatic heterocycles. The summed E-state index contributed by atoms with van der Waals surface area (Å²) < 4.78 is 42.6. The second-order valence-electron chi connectivity index (χ2n) is 5.27. The first-order valence-corrected chi connectivity index (χ1v) is 9.52. The zero-order chi connectivity index (χ0) is 15.6. The third-order valence-corrected chi connectivity index (χ3v) is 7.90. The lowest BCUT2D eigenvalue weighted by Gasteiger charge is -2.28. The first kappa shape index (κ1) is 16.8. The fraction of sp³-hybridized carbons (Fsp3) is 0.500. The number of halogens is 3. The molecule has 0 bridgehead atoms. The lowest BCUT2D eigenvalue weighted by atomic mass is 10.2. The monoisotopic (exact) mass is 304 g/mol. The Hall–Kier alpha value is -1.30. The number of hydrogen-bond acceptors (Lipinski definition) is 2. The molecule has 0 amide bonds. The van der Waals surface area contributed by atoms with Crippen LogP contribution in [0.1, 0.15) is 19.4 Å². The van der Waals surface area contributed by atoms with Crippen LogP contribution in [-0.4, -0.2) is 20.7 Å². The number of benzene rings is 1. The van der Waals surface area contributed by atoms with Gasteiger partial charge >= 0.3 is 12.1 Å². The van der Waals surface area contributed by atoms with Crippen LogP contribution in [0.2, 0.25) is 18.6 Å². The van der Waals surface area contributed by atoms with Crippen molar-refractivity contribution in [3.05, 3.63) is 29.8 Å². The number of ether oxygens (including phenoxy) is 1. The minimum Gasteiger partial charge on any atom is -0.466 e. The van der Waals surface area contributed by atoms with Crippen LogP contribution in [0.3, 0.4) is 0 Å². The van der Waals surface area contributed by atoms with Crippen molar-refractivity contribution >= 4 is 19.2 Å². The third kappa shape index (κ3) is 3.62. The molecule has 1 aromatic carbocycles. The van der Waals surface area contributed by atoms with Crippen LogP contribution in [0, 0.1) is 0 Å². The van der Waals surface area contributed by atoms with Gasteiger partial charge in [-0.3, -0.25) is 4.79 Å². The summed E-state index contributed by atoms with van der Waals surface area (Å²) >= 11 is 0. The first-order chi connectivity index (χ1) is 9.10. The van der Waals surface area contributed by atoms with E-state index < -0.39 is 19.8 Å². The maximum atomic E-state index is 12.5. The Morgan fingerprint density at radius 2 is 1.75 bits per heavy atom. The SMILES string of the molecule is CCOC(=O)C(C)[Si](C)(C)c1ccc(C(F)(F)F)cc1. The Kier molecular flexibility index (Phi) is 5.02. The average molecular weight is 304 g/mol. The summed E-state index contributed by atoms with van der Waals surface area (Å²) in [6.45, 7) is 7.73. The second kappa shape index (κ2) is 5.99. The maximum absolute atomic E-state index is 12.5. The van der Waals surface area contributed by atoms with Gasteiger partial charge < -0.3 is 4.74 Å². The highest BCUT2D eigenvalue weighted by molar-refractivity contribution is 6.93. The van der Waals surface area contributed by atoms with E-state index in [2.05, 4.69) is 0 Å². The minimum atomic E-state index is -4.34. The van der Waals surface area contributed by atoms with Crippen LogP contribution in [0.4, 0.5) is 13.2 Å². The van der Waals surface area contributed by atoms with Crippen LogP contribution >= 0.6 is 0 Å². The third-order valence-electron chi connectivity index (χ3n) is 3.68. The number of carbonyl (C=O) groups is 1. The van der Waals surface area contributed by atoms with E-state index >= 15 is 0 Å². The van der Waals surface area contributed by atoms with Crippen molar-refractivity contribution in [2.45, 2.75) is 38.7 Å². The summed E-state index contributed by atoms with van der Waals surface area (Å²) in [5.74, 6) is -0.288. The number of hydrogen-bond donors (Lipinski definition) is 0. The number of alkyl halides is 3. The molecule has 0 fully saturated rings. The summed E-state index contributed by atoms with van der Waals surface area (Å²) in [6.07, 6.45) is -4.34. The zero-order valence-electron chi connectivity index (χ0n) is 12.0. The molecule has 0 saturated heterocycles.